The van der Waals surface area contributed by atoms with Gasteiger partial charge in [-0.2, -0.15) is 0 Å². The van der Waals surface area contributed by atoms with Crippen molar-refractivity contribution in [1.82, 2.24) is 0 Å². The Hall–Kier alpha value is 0.280. The van der Waals surface area contributed by atoms with Gasteiger partial charge in [0.05, 0.1) is 0 Å². The average molecular weight is 86.0 g/mol. The maximum atomic E-state index is 7.15. The van der Waals surface area contributed by atoms with Crippen molar-refractivity contribution in [1.29, 1.82) is 0 Å². The van der Waals surface area contributed by atoms with E-state index in [0.29, 0.717) is 0 Å². The largest absolute Gasteiger partial charge is 0.352 e. The summed E-state index contributed by atoms with van der Waals surface area (Å²) < 4.78 is 0. The number of hydrogen-bond acceptors (Lipinski definition) is 2. The molecule has 0 bridgehead atoms. The minimum atomic E-state index is -0.917. The molecule has 0 aliphatic carbocycles. The summed E-state index contributed by atoms with van der Waals surface area (Å²) in [6.45, 7) is 0. The first kappa shape index (κ1) is 8.86. The van der Waals surface area contributed by atoms with E-state index in [-0.39, 0.29) is 4.70 Å². The zero-order valence-corrected chi connectivity index (χ0v) is 2.80. The number of hydrogen-bond donors (Lipinski definition) is 2. The molecule has 0 atom stereocenters. The highest BCUT2D eigenvalue weighted by molar-refractivity contribution is 7.23. The normalized spacial score (nSPS) is 4.50. The van der Waals surface area contributed by atoms with Crippen LogP contribution in [-0.2, 0) is 0 Å². The summed E-state index contributed by atoms with van der Waals surface area (Å²) >= 11 is 0. The van der Waals surface area contributed by atoms with Gasteiger partial charge in [0.15, 0.2) is 0 Å². The average Bonchev–Trinajstić information content (AvgIpc) is 0.918. The van der Waals surface area contributed by atoms with Crippen molar-refractivity contribution in [2.45, 2.75) is 0 Å². The van der Waals surface area contributed by atoms with Crippen LogP contribution in [0.4, 0.5) is 4.70 Å². The molecule has 0 amide bonds. The van der Waals surface area contributed by atoms with E-state index in [1.807, 2.05) is 0 Å². The molecule has 0 rings (SSSR count). The first-order valence-electron chi connectivity index (χ1n) is 0.447. The molecule has 4 heteroatoms. The lowest BCUT2D eigenvalue weighted by Gasteiger charge is -1.54. The highest BCUT2D eigenvalue weighted by atomic mass is 31.1. The quantitative estimate of drug-likeness (QED) is 0.395. The molecule has 0 spiro atoms. The van der Waals surface area contributed by atoms with Crippen molar-refractivity contribution in [3.8, 4) is 0 Å². The molecule has 0 unspecified atom stereocenters. The molecule has 4 heavy (non-hydrogen) atoms. The molecular formula is H4FO2P. The van der Waals surface area contributed by atoms with Gasteiger partial charge in [0.25, 0.3) is 0 Å². The summed E-state index contributed by atoms with van der Waals surface area (Å²) in [6.07, 6.45) is 0. The van der Waals surface area contributed by atoms with Crippen molar-refractivity contribution >= 4 is 9.03 Å². The molecule has 2 nitrogen and oxygen atoms in total. The first-order chi connectivity index (χ1) is 1.41. The van der Waals surface area contributed by atoms with Gasteiger partial charge in [0.1, 0.15) is 9.03 Å². The van der Waals surface area contributed by atoms with Crippen LogP contribution in [0.3, 0.4) is 0 Å². The molecule has 28 valence electrons. The molecule has 0 aromatic carbocycles. The van der Waals surface area contributed by atoms with Gasteiger partial charge in [-0.15, -0.1) is 0 Å². The fourth-order valence-corrected chi connectivity index (χ4v) is 0. The molecule has 0 aliphatic rings. The summed E-state index contributed by atoms with van der Waals surface area (Å²) in [6, 6.07) is 0. The molecule has 0 saturated heterocycles. The molecule has 0 radical (unpaired) electrons. The van der Waals surface area contributed by atoms with Crippen LogP contribution in [0.5, 0.6) is 0 Å². The van der Waals surface area contributed by atoms with Gasteiger partial charge >= 0.3 is 0 Å². The Bertz CT molecular complexity index is 6.00. The van der Waals surface area contributed by atoms with Crippen molar-refractivity contribution in [2.24, 2.45) is 0 Å². The van der Waals surface area contributed by atoms with Crippen molar-refractivity contribution in [3.63, 3.8) is 0 Å². The smallest absolute Gasteiger partial charge is 0.149 e. The molecule has 0 heterocycles. The summed E-state index contributed by atoms with van der Waals surface area (Å²) in [5, 5.41) is 0. The lowest BCUT2D eigenvalue weighted by molar-refractivity contribution is 0.513. The summed E-state index contributed by atoms with van der Waals surface area (Å²) in [7, 11) is -0.917. The van der Waals surface area contributed by atoms with Crippen LogP contribution in [0.15, 0.2) is 0 Å². The maximum absolute atomic E-state index is 7.15. The lowest BCUT2D eigenvalue weighted by Crippen LogP contribution is -1.24. The SMILES string of the molecule is F.OPO. The topological polar surface area (TPSA) is 40.5 Å². The standard InChI is InChI=1S/FH.H3O2P/c;1-3-2/h1H;1-3H. The summed E-state index contributed by atoms with van der Waals surface area (Å²) in [4.78, 5) is 14.3. The van der Waals surface area contributed by atoms with E-state index in [2.05, 4.69) is 0 Å². The molecule has 0 aromatic rings. The van der Waals surface area contributed by atoms with E-state index in [9.17, 15) is 0 Å². The van der Waals surface area contributed by atoms with Gasteiger partial charge in [-0.25, -0.2) is 0 Å². The zero-order chi connectivity index (χ0) is 2.71. The Morgan fingerprint density at radius 2 is 1.25 bits per heavy atom. The van der Waals surface area contributed by atoms with Crippen LogP contribution in [0.25, 0.3) is 0 Å². The third-order valence-corrected chi connectivity index (χ3v) is 0. The van der Waals surface area contributed by atoms with E-state index in [1.54, 1.807) is 0 Å². The number of halogens is 1. The molecular weight excluding hydrogens is 82.0 g/mol. The molecule has 0 aromatic heterocycles. The van der Waals surface area contributed by atoms with Gasteiger partial charge in [0, 0.05) is 0 Å². The Balaban J connectivity index is 0. The Kier molecular flexibility index (Phi) is 23.0. The monoisotopic (exact) mass is 86.0 g/mol. The minimum absolute atomic E-state index is 0. The lowest BCUT2D eigenvalue weighted by atomic mass is 15.9. The third-order valence-electron chi connectivity index (χ3n) is 0. The van der Waals surface area contributed by atoms with Crippen LogP contribution in [0, 0.1) is 0 Å². The summed E-state index contributed by atoms with van der Waals surface area (Å²) in [5.41, 5.74) is 0. The Labute approximate surface area is 24.8 Å². The third kappa shape index (κ3) is 47.6. The van der Waals surface area contributed by atoms with Crippen molar-refractivity contribution in [3.05, 3.63) is 0 Å². The second kappa shape index (κ2) is 10.4. The van der Waals surface area contributed by atoms with Gasteiger partial charge < -0.3 is 9.79 Å². The fraction of sp³-hybridized carbons (Fsp3) is 0. The van der Waals surface area contributed by atoms with Crippen molar-refractivity contribution in [2.75, 3.05) is 0 Å². The van der Waals surface area contributed by atoms with E-state index < -0.39 is 9.03 Å². The number of rotatable bonds is 0. The predicted molar refractivity (Wildman–Crippen MR) is 15.3 cm³/mol. The first-order valence-corrected chi connectivity index (χ1v) is 1.34. The summed E-state index contributed by atoms with van der Waals surface area (Å²) in [5.74, 6) is 0. The van der Waals surface area contributed by atoms with E-state index in [1.165, 1.54) is 0 Å². The van der Waals surface area contributed by atoms with Crippen LogP contribution in [-0.4, -0.2) is 9.79 Å². The van der Waals surface area contributed by atoms with Crippen LogP contribution in [0.1, 0.15) is 0 Å². The Morgan fingerprint density at radius 3 is 1.25 bits per heavy atom. The highest BCUT2D eigenvalue weighted by Gasteiger charge is 1.34. The van der Waals surface area contributed by atoms with Crippen LogP contribution in [0.2, 0.25) is 0 Å². The van der Waals surface area contributed by atoms with Gasteiger partial charge in [-0.05, 0) is 0 Å². The van der Waals surface area contributed by atoms with Crippen LogP contribution < -0.4 is 0 Å². The van der Waals surface area contributed by atoms with Crippen molar-refractivity contribution < 1.29 is 14.5 Å². The van der Waals surface area contributed by atoms with E-state index in [0.717, 1.165) is 0 Å². The van der Waals surface area contributed by atoms with Gasteiger partial charge in [-0.1, -0.05) is 0 Å². The fourth-order valence-electron chi connectivity index (χ4n) is 0. The minimum Gasteiger partial charge on any atom is -0.352 e. The van der Waals surface area contributed by atoms with Gasteiger partial charge in [-0.3, -0.25) is 4.70 Å². The molecule has 0 saturated carbocycles. The van der Waals surface area contributed by atoms with Gasteiger partial charge in [0.2, 0.25) is 0 Å². The molecule has 0 fully saturated rings. The molecule has 0 aliphatic heterocycles. The van der Waals surface area contributed by atoms with E-state index in [4.69, 9.17) is 9.79 Å². The Morgan fingerprint density at radius 1 is 1.25 bits per heavy atom. The van der Waals surface area contributed by atoms with E-state index >= 15 is 0 Å². The second-order valence-electron chi connectivity index (χ2n) is 0.100. The second-order valence-corrected chi connectivity index (χ2v) is 0.300. The highest BCUT2D eigenvalue weighted by Crippen LogP contribution is 1.81. The zero-order valence-electron chi connectivity index (χ0n) is 1.80. The molecule has 2 N–H and O–H groups in total. The predicted octanol–water partition coefficient (Wildman–Crippen LogP) is -0.368. The van der Waals surface area contributed by atoms with Crippen LogP contribution >= 0.6 is 9.03 Å². The maximum Gasteiger partial charge on any atom is 0.149 e.